The van der Waals surface area contributed by atoms with Crippen LogP contribution in [0.15, 0.2) is 36.4 Å². The lowest BCUT2D eigenvalue weighted by Gasteiger charge is -2.10. The van der Waals surface area contributed by atoms with Gasteiger partial charge in [-0.25, -0.2) is 4.79 Å². The number of H-pyrrole nitrogens is 1. The van der Waals surface area contributed by atoms with E-state index in [1.165, 1.54) is 5.56 Å². The topological polar surface area (TPSA) is 136 Å². The fourth-order valence-electron chi connectivity index (χ4n) is 3.35. The molecule has 0 spiro atoms. The molecule has 0 saturated heterocycles. The summed E-state index contributed by atoms with van der Waals surface area (Å²) < 4.78 is 31.7. The van der Waals surface area contributed by atoms with Gasteiger partial charge in [0.25, 0.3) is 0 Å². The molecule has 0 atom stereocenters. The second-order valence-corrected chi connectivity index (χ2v) is 8.00. The van der Waals surface area contributed by atoms with Crippen LogP contribution >= 0.6 is 11.6 Å². The van der Waals surface area contributed by atoms with E-state index in [4.69, 9.17) is 21.5 Å². The molecule has 2 heterocycles. The molecular formula is C22H21ClF3N5O4. The number of aryl methyl sites for hydroxylation is 1. The maximum absolute atomic E-state index is 12.2. The number of hydrogen-bond donors (Lipinski definition) is 5. The number of carboxylic acid groups (broad SMARTS) is 1. The van der Waals surface area contributed by atoms with Crippen molar-refractivity contribution in [3.05, 3.63) is 58.2 Å². The highest BCUT2D eigenvalue weighted by atomic mass is 35.5. The Kier molecular flexibility index (Phi) is 8.30. The number of nitrogens with zero attached hydrogens (tertiary/aromatic N) is 1. The zero-order chi connectivity index (χ0) is 25.6. The van der Waals surface area contributed by atoms with Gasteiger partial charge in [-0.2, -0.15) is 18.3 Å². The van der Waals surface area contributed by atoms with Gasteiger partial charge in [-0.05, 0) is 60.8 Å². The van der Waals surface area contributed by atoms with Crippen molar-refractivity contribution in [2.75, 3.05) is 11.9 Å². The predicted molar refractivity (Wildman–Crippen MR) is 122 cm³/mol. The van der Waals surface area contributed by atoms with E-state index in [9.17, 15) is 22.8 Å². The van der Waals surface area contributed by atoms with Gasteiger partial charge in [0.2, 0.25) is 0 Å². The number of aromatic nitrogens is 2. The molecule has 4 rings (SSSR count). The standard InChI is InChI=1S/C20H20ClN5O2.C2HF3O2/c21-14-4-6-17-16(9-14)18(26-25-17)11-23-19(27)20(28)24-15-5-3-12-2-1-7-22-10-13(12)8-15;3-2(4,5)1(6)7/h3-6,8-9,22H,1-2,7,10-11H2,(H,23,27)(H,24,28)(H,25,26);(H,6,7). The number of hydrogen-bond acceptors (Lipinski definition) is 5. The van der Waals surface area contributed by atoms with Gasteiger partial charge < -0.3 is 21.1 Å². The molecule has 5 N–H and O–H groups in total. The molecule has 9 nitrogen and oxygen atoms in total. The van der Waals surface area contributed by atoms with Crippen molar-refractivity contribution in [1.82, 2.24) is 20.8 Å². The summed E-state index contributed by atoms with van der Waals surface area (Å²) in [5.74, 6) is -4.17. The van der Waals surface area contributed by atoms with Gasteiger partial charge >= 0.3 is 24.0 Å². The minimum absolute atomic E-state index is 0.150. The van der Waals surface area contributed by atoms with Crippen LogP contribution in [0.5, 0.6) is 0 Å². The average molecular weight is 512 g/mol. The Balaban J connectivity index is 0.000000429. The third-order valence-corrected chi connectivity index (χ3v) is 5.28. The first-order chi connectivity index (χ1) is 16.5. The van der Waals surface area contributed by atoms with Crippen molar-refractivity contribution < 1.29 is 32.7 Å². The quantitative estimate of drug-likeness (QED) is 0.343. The SMILES string of the molecule is O=C(NCc1[nH]nc2ccc(Cl)cc12)C(=O)Nc1ccc2c(c1)CNCCC2.O=C(O)C(F)(F)F. The number of amides is 2. The van der Waals surface area contributed by atoms with Crippen LogP contribution in [0.4, 0.5) is 18.9 Å². The number of fused-ring (bicyclic) bond motifs is 2. The van der Waals surface area contributed by atoms with Crippen LogP contribution in [0.3, 0.4) is 0 Å². The highest BCUT2D eigenvalue weighted by Crippen LogP contribution is 2.21. The summed E-state index contributed by atoms with van der Waals surface area (Å²) in [5.41, 5.74) is 4.47. The lowest BCUT2D eigenvalue weighted by molar-refractivity contribution is -0.192. The van der Waals surface area contributed by atoms with E-state index in [0.717, 1.165) is 42.4 Å². The van der Waals surface area contributed by atoms with Crippen LogP contribution < -0.4 is 16.0 Å². The number of halogens is 4. The second-order valence-electron chi connectivity index (χ2n) is 7.57. The molecular weight excluding hydrogens is 491 g/mol. The Hall–Kier alpha value is -3.64. The minimum atomic E-state index is -5.08. The summed E-state index contributed by atoms with van der Waals surface area (Å²) in [4.78, 5) is 33.3. The van der Waals surface area contributed by atoms with E-state index in [-0.39, 0.29) is 6.54 Å². The van der Waals surface area contributed by atoms with Crippen LogP contribution in [0.2, 0.25) is 5.02 Å². The minimum Gasteiger partial charge on any atom is -0.475 e. The maximum atomic E-state index is 12.2. The number of carbonyl (C=O) groups is 3. The van der Waals surface area contributed by atoms with E-state index < -0.39 is 24.0 Å². The van der Waals surface area contributed by atoms with E-state index in [0.29, 0.717) is 16.4 Å². The summed E-state index contributed by atoms with van der Waals surface area (Å²) >= 11 is 6.01. The number of aliphatic carboxylic acids is 1. The van der Waals surface area contributed by atoms with Crippen LogP contribution in [0, 0.1) is 0 Å². The summed E-state index contributed by atoms with van der Waals surface area (Å²) in [6, 6.07) is 11.1. The van der Waals surface area contributed by atoms with Crippen LogP contribution in [0.1, 0.15) is 23.2 Å². The van der Waals surface area contributed by atoms with Crippen molar-refractivity contribution in [2.45, 2.75) is 32.1 Å². The Labute approximate surface area is 202 Å². The molecule has 35 heavy (non-hydrogen) atoms. The molecule has 0 bridgehead atoms. The largest absolute Gasteiger partial charge is 0.490 e. The van der Waals surface area contributed by atoms with Gasteiger partial charge in [0.15, 0.2) is 0 Å². The van der Waals surface area contributed by atoms with E-state index in [1.807, 2.05) is 18.2 Å². The second kappa shape index (κ2) is 11.2. The van der Waals surface area contributed by atoms with Gasteiger partial charge in [0.05, 0.1) is 17.8 Å². The Morgan fingerprint density at radius 3 is 2.54 bits per heavy atom. The first kappa shape index (κ1) is 26.0. The van der Waals surface area contributed by atoms with Crippen LogP contribution in [0.25, 0.3) is 10.9 Å². The Bertz CT molecular complexity index is 1250. The molecule has 2 aromatic carbocycles. The maximum Gasteiger partial charge on any atom is 0.490 e. The van der Waals surface area contributed by atoms with Crippen molar-refractivity contribution >= 4 is 46.0 Å². The van der Waals surface area contributed by atoms with Gasteiger partial charge in [-0.3, -0.25) is 14.7 Å². The van der Waals surface area contributed by atoms with E-state index in [2.05, 4.69) is 26.1 Å². The van der Waals surface area contributed by atoms with Gasteiger partial charge in [0, 0.05) is 22.6 Å². The highest BCUT2D eigenvalue weighted by Gasteiger charge is 2.38. The number of nitrogens with one attached hydrogen (secondary N) is 4. The average Bonchev–Trinajstić information content (AvgIpc) is 3.04. The number of carboxylic acids is 1. The molecule has 0 aliphatic carbocycles. The molecule has 13 heteroatoms. The Morgan fingerprint density at radius 1 is 1.09 bits per heavy atom. The first-order valence-corrected chi connectivity index (χ1v) is 10.8. The predicted octanol–water partition coefficient (Wildman–Crippen LogP) is 3.14. The summed E-state index contributed by atoms with van der Waals surface area (Å²) in [6.07, 6.45) is -2.98. The zero-order valence-corrected chi connectivity index (χ0v) is 18.9. The fourth-order valence-corrected chi connectivity index (χ4v) is 3.52. The van der Waals surface area contributed by atoms with Crippen molar-refractivity contribution in [1.29, 1.82) is 0 Å². The van der Waals surface area contributed by atoms with Crippen molar-refractivity contribution in [3.63, 3.8) is 0 Å². The molecule has 3 aromatic rings. The van der Waals surface area contributed by atoms with Gasteiger partial charge in [0.1, 0.15) is 0 Å². The molecule has 2 amide bonds. The summed E-state index contributed by atoms with van der Waals surface area (Å²) in [5, 5.41) is 24.2. The number of alkyl halides is 3. The number of benzene rings is 2. The molecule has 0 radical (unpaired) electrons. The lowest BCUT2D eigenvalue weighted by Crippen LogP contribution is -2.35. The number of rotatable bonds is 3. The monoisotopic (exact) mass is 511 g/mol. The lowest BCUT2D eigenvalue weighted by atomic mass is 10.0. The molecule has 0 fully saturated rings. The molecule has 1 aliphatic rings. The van der Waals surface area contributed by atoms with Crippen molar-refractivity contribution in [2.24, 2.45) is 0 Å². The molecule has 1 aromatic heterocycles. The Morgan fingerprint density at radius 2 is 1.83 bits per heavy atom. The number of carbonyl (C=O) groups excluding carboxylic acids is 2. The molecule has 0 saturated carbocycles. The third kappa shape index (κ3) is 7.17. The molecule has 1 aliphatic heterocycles. The number of aromatic amines is 1. The van der Waals surface area contributed by atoms with Crippen molar-refractivity contribution in [3.8, 4) is 0 Å². The molecule has 186 valence electrons. The van der Waals surface area contributed by atoms with Gasteiger partial charge in [-0.15, -0.1) is 0 Å². The fraction of sp³-hybridized carbons (Fsp3) is 0.273. The van der Waals surface area contributed by atoms with Crippen LogP contribution in [-0.2, 0) is 33.9 Å². The summed E-state index contributed by atoms with van der Waals surface area (Å²) in [7, 11) is 0. The first-order valence-electron chi connectivity index (χ1n) is 10.4. The van der Waals surface area contributed by atoms with E-state index in [1.54, 1.807) is 18.2 Å². The van der Waals surface area contributed by atoms with Crippen LogP contribution in [-0.4, -0.2) is 45.8 Å². The van der Waals surface area contributed by atoms with Gasteiger partial charge in [-0.1, -0.05) is 17.7 Å². The normalized spacial score (nSPS) is 13.1. The highest BCUT2D eigenvalue weighted by molar-refractivity contribution is 6.39. The molecule has 0 unspecified atom stereocenters. The van der Waals surface area contributed by atoms with E-state index >= 15 is 0 Å². The third-order valence-electron chi connectivity index (χ3n) is 5.05. The summed E-state index contributed by atoms with van der Waals surface area (Å²) in [6.45, 7) is 1.89. The smallest absolute Gasteiger partial charge is 0.475 e. The number of anilines is 1. The zero-order valence-electron chi connectivity index (χ0n) is 18.1.